The molecule has 1 aromatic rings. The van der Waals surface area contributed by atoms with Crippen molar-refractivity contribution in [1.29, 1.82) is 0 Å². The topological polar surface area (TPSA) is 12.9 Å². The maximum absolute atomic E-state index is 11.9. The van der Waals surface area contributed by atoms with Crippen LogP contribution in [0.4, 0.5) is 13.2 Å². The van der Waals surface area contributed by atoms with Crippen LogP contribution in [0.25, 0.3) is 0 Å². The van der Waals surface area contributed by atoms with Gasteiger partial charge in [0.15, 0.2) is 5.69 Å². The molecule has 0 radical (unpaired) electrons. The molecule has 0 aliphatic rings. The zero-order chi connectivity index (χ0) is 8.48. The predicted molar refractivity (Wildman–Crippen MR) is 34.2 cm³/mol. The van der Waals surface area contributed by atoms with Crippen molar-refractivity contribution >= 4 is 11.6 Å². The van der Waals surface area contributed by atoms with Gasteiger partial charge in [-0.15, -0.1) is 0 Å². The Morgan fingerprint density at radius 1 is 1.36 bits per heavy atom. The number of hydrogen-bond acceptors (Lipinski definition) is 1. The Hall–Kier alpha value is -0.770. The first-order chi connectivity index (χ1) is 5.02. The molecule has 5 heteroatoms. The lowest BCUT2D eigenvalue weighted by Crippen LogP contribution is -2.07. The number of rotatable bonds is 0. The summed E-state index contributed by atoms with van der Waals surface area (Å²) >= 11 is 5.23. The molecule has 1 nitrogen and oxygen atoms in total. The van der Waals surface area contributed by atoms with Gasteiger partial charge < -0.3 is 0 Å². The molecule has 0 aliphatic heterocycles. The average Bonchev–Trinajstić information content (AvgIpc) is 1.86. The smallest absolute Gasteiger partial charge is 0.250 e. The minimum Gasteiger partial charge on any atom is -0.250 e. The highest BCUT2D eigenvalue weighted by Crippen LogP contribution is 2.32. The van der Waals surface area contributed by atoms with Crippen molar-refractivity contribution in [1.82, 2.24) is 4.98 Å². The van der Waals surface area contributed by atoms with E-state index >= 15 is 0 Å². The molecule has 0 saturated heterocycles. The van der Waals surface area contributed by atoms with Crippen LogP contribution in [0.1, 0.15) is 5.69 Å². The number of alkyl halides is 3. The molecule has 1 heterocycles. The van der Waals surface area contributed by atoms with Crippen LogP contribution in [-0.2, 0) is 6.18 Å². The van der Waals surface area contributed by atoms with Crippen molar-refractivity contribution < 1.29 is 13.2 Å². The van der Waals surface area contributed by atoms with E-state index in [2.05, 4.69) is 4.98 Å². The van der Waals surface area contributed by atoms with Crippen LogP contribution in [-0.4, -0.2) is 4.98 Å². The zero-order valence-corrected chi connectivity index (χ0v) is 5.95. The first kappa shape index (κ1) is 8.33. The molecule has 0 saturated carbocycles. The maximum atomic E-state index is 11.9. The van der Waals surface area contributed by atoms with Gasteiger partial charge in [-0.3, -0.25) is 4.98 Å². The first-order valence-corrected chi connectivity index (χ1v) is 3.07. The van der Waals surface area contributed by atoms with E-state index in [1.165, 1.54) is 6.07 Å². The van der Waals surface area contributed by atoms with Gasteiger partial charge >= 0.3 is 6.18 Å². The van der Waals surface area contributed by atoms with E-state index in [0.29, 0.717) is 0 Å². The summed E-state index contributed by atoms with van der Waals surface area (Å²) in [6.07, 6.45) is -3.41. The number of halogens is 4. The lowest BCUT2D eigenvalue weighted by Gasteiger charge is -2.05. The monoisotopic (exact) mass is 181 g/mol. The zero-order valence-electron chi connectivity index (χ0n) is 5.19. The van der Waals surface area contributed by atoms with Crippen LogP contribution < -0.4 is 0 Å². The van der Waals surface area contributed by atoms with Crippen LogP contribution in [0.3, 0.4) is 0 Å². The molecular formula is C6H3ClF3N. The molecule has 0 amide bonds. The third-order valence-electron chi connectivity index (χ3n) is 1.03. The standard InChI is InChI=1S/C6H3ClF3N/c7-4-2-1-3-11-5(4)6(8,9)10/h1-3H. The lowest BCUT2D eigenvalue weighted by atomic mass is 10.3. The third-order valence-corrected chi connectivity index (χ3v) is 1.33. The van der Waals surface area contributed by atoms with E-state index < -0.39 is 11.9 Å². The van der Waals surface area contributed by atoms with E-state index in [1.807, 2.05) is 0 Å². The maximum Gasteiger partial charge on any atom is 0.434 e. The Kier molecular flexibility index (Phi) is 2.04. The van der Waals surface area contributed by atoms with E-state index in [0.717, 1.165) is 12.3 Å². The summed E-state index contributed by atoms with van der Waals surface area (Å²) < 4.78 is 35.7. The summed E-state index contributed by atoms with van der Waals surface area (Å²) in [5, 5.41) is -0.375. The molecular weight excluding hydrogens is 179 g/mol. The lowest BCUT2D eigenvalue weighted by molar-refractivity contribution is -0.141. The summed E-state index contributed by atoms with van der Waals surface area (Å²) in [5.41, 5.74) is -1.04. The summed E-state index contributed by atoms with van der Waals surface area (Å²) in [6, 6.07) is 2.49. The highest BCUT2D eigenvalue weighted by molar-refractivity contribution is 6.31. The van der Waals surface area contributed by atoms with Gasteiger partial charge in [0.2, 0.25) is 0 Å². The molecule has 0 N–H and O–H groups in total. The van der Waals surface area contributed by atoms with Gasteiger partial charge in [0.25, 0.3) is 0 Å². The van der Waals surface area contributed by atoms with Crippen molar-refractivity contribution in [3.63, 3.8) is 0 Å². The first-order valence-electron chi connectivity index (χ1n) is 2.69. The minimum atomic E-state index is -4.46. The molecule has 0 aromatic carbocycles. The molecule has 60 valence electrons. The average molecular weight is 182 g/mol. The molecule has 0 atom stereocenters. The Labute approximate surface area is 65.8 Å². The van der Waals surface area contributed by atoms with Crippen LogP contribution in [0, 0.1) is 0 Å². The van der Waals surface area contributed by atoms with Crippen molar-refractivity contribution in [3.05, 3.63) is 29.0 Å². The van der Waals surface area contributed by atoms with Crippen LogP contribution in [0.2, 0.25) is 5.02 Å². The van der Waals surface area contributed by atoms with E-state index in [1.54, 1.807) is 0 Å². The van der Waals surface area contributed by atoms with Crippen molar-refractivity contribution in [2.45, 2.75) is 6.18 Å². The van der Waals surface area contributed by atoms with Crippen LogP contribution >= 0.6 is 11.6 Å². The summed E-state index contributed by atoms with van der Waals surface area (Å²) in [4.78, 5) is 3.09. The Bertz CT molecular complexity index is 258. The second-order valence-electron chi connectivity index (χ2n) is 1.83. The van der Waals surface area contributed by atoms with Crippen LogP contribution in [0.5, 0.6) is 0 Å². The fourth-order valence-corrected chi connectivity index (χ4v) is 0.823. The predicted octanol–water partition coefficient (Wildman–Crippen LogP) is 2.75. The van der Waals surface area contributed by atoms with Gasteiger partial charge in [0, 0.05) is 6.20 Å². The van der Waals surface area contributed by atoms with E-state index in [-0.39, 0.29) is 5.02 Å². The third kappa shape index (κ3) is 1.83. The molecule has 1 aromatic heterocycles. The largest absolute Gasteiger partial charge is 0.434 e. The van der Waals surface area contributed by atoms with Crippen molar-refractivity contribution in [2.24, 2.45) is 0 Å². The highest BCUT2D eigenvalue weighted by atomic mass is 35.5. The second-order valence-corrected chi connectivity index (χ2v) is 2.24. The number of nitrogens with zero attached hydrogens (tertiary/aromatic N) is 1. The fourth-order valence-electron chi connectivity index (χ4n) is 0.594. The van der Waals surface area contributed by atoms with Gasteiger partial charge in [0.1, 0.15) is 0 Å². The highest BCUT2D eigenvalue weighted by Gasteiger charge is 2.34. The minimum absolute atomic E-state index is 0.375. The quantitative estimate of drug-likeness (QED) is 0.600. The van der Waals surface area contributed by atoms with Gasteiger partial charge in [-0.25, -0.2) is 0 Å². The molecule has 1 rings (SSSR count). The Morgan fingerprint density at radius 2 is 2.00 bits per heavy atom. The summed E-state index contributed by atoms with van der Waals surface area (Å²) in [6.45, 7) is 0. The molecule has 0 unspecified atom stereocenters. The molecule has 0 spiro atoms. The van der Waals surface area contributed by atoms with Gasteiger partial charge in [-0.05, 0) is 12.1 Å². The summed E-state index contributed by atoms with van der Waals surface area (Å²) in [7, 11) is 0. The Morgan fingerprint density at radius 3 is 2.36 bits per heavy atom. The summed E-state index contributed by atoms with van der Waals surface area (Å²) in [5.74, 6) is 0. The molecule has 0 aliphatic carbocycles. The van der Waals surface area contributed by atoms with Gasteiger partial charge in [-0.1, -0.05) is 11.6 Å². The van der Waals surface area contributed by atoms with Crippen molar-refractivity contribution in [2.75, 3.05) is 0 Å². The fraction of sp³-hybridized carbons (Fsp3) is 0.167. The number of hydrogen-bond donors (Lipinski definition) is 0. The second kappa shape index (κ2) is 2.70. The Balaban J connectivity index is 3.14. The van der Waals surface area contributed by atoms with E-state index in [4.69, 9.17) is 11.6 Å². The van der Waals surface area contributed by atoms with E-state index in [9.17, 15) is 13.2 Å². The van der Waals surface area contributed by atoms with Crippen LogP contribution in [0.15, 0.2) is 18.3 Å². The SMILES string of the molecule is FC(F)(F)c1ncccc1Cl. The molecule has 0 fully saturated rings. The number of aromatic nitrogens is 1. The molecule has 0 bridgehead atoms. The van der Waals surface area contributed by atoms with Gasteiger partial charge in [0.05, 0.1) is 5.02 Å². The molecule has 11 heavy (non-hydrogen) atoms. The normalized spacial score (nSPS) is 11.6. The van der Waals surface area contributed by atoms with Crippen molar-refractivity contribution in [3.8, 4) is 0 Å². The van der Waals surface area contributed by atoms with Gasteiger partial charge in [-0.2, -0.15) is 13.2 Å². The number of pyridine rings is 1.